The molecule has 1 amide bonds. The minimum Gasteiger partial charge on any atom is -0.496 e. The molecule has 5 nitrogen and oxygen atoms in total. The standard InChI is InChI=1S/C18H23ClFNO.C14H20O.C9H11NO/c1-2-3-6-21-14-7-12(8-15(21)11-14)9-18(22)13-4-5-17(20)16(19)10-13;1-5-8-12(6-2)13-9-7-10-14(15-4)11(13)3;1-8-3-2-4-9(5-8)6-10-7-11/h4-5,10,12,14-15H,2-3,6-9,11H2,1H3;6-7,9-10H,5,8H2,1-4H3;2-5,7H,6H2,1H3,(H,10,11)/b;12-6-;. The Morgan fingerprint density at radius 1 is 1.02 bits per heavy atom. The van der Waals surface area contributed by atoms with Gasteiger partial charge in [-0.3, -0.25) is 14.5 Å². The molecule has 2 saturated heterocycles. The molecule has 3 aliphatic rings. The number of piperidine rings is 1. The van der Waals surface area contributed by atoms with Gasteiger partial charge in [0.15, 0.2) is 5.78 Å². The van der Waals surface area contributed by atoms with Gasteiger partial charge in [-0.15, -0.1) is 0 Å². The van der Waals surface area contributed by atoms with E-state index < -0.39 is 5.82 Å². The van der Waals surface area contributed by atoms with Crippen molar-refractivity contribution >= 4 is 29.4 Å². The van der Waals surface area contributed by atoms with Gasteiger partial charge < -0.3 is 10.1 Å². The van der Waals surface area contributed by atoms with Gasteiger partial charge in [-0.2, -0.15) is 0 Å². The summed E-state index contributed by atoms with van der Waals surface area (Å²) in [7, 11) is 1.72. The number of unbranched alkanes of at least 4 members (excludes halogenated alkanes) is 1. The van der Waals surface area contributed by atoms with Crippen molar-refractivity contribution in [3.05, 3.63) is 105 Å². The van der Waals surface area contributed by atoms with Crippen LogP contribution in [0.15, 0.2) is 66.7 Å². The zero-order chi connectivity index (χ0) is 35.1. The first-order valence-electron chi connectivity index (χ1n) is 17.4. The lowest BCUT2D eigenvalue weighted by Gasteiger charge is -2.55. The summed E-state index contributed by atoms with van der Waals surface area (Å²) in [5.74, 6) is 1.07. The molecule has 3 aromatic rings. The van der Waals surface area contributed by atoms with Crippen LogP contribution in [0.25, 0.3) is 5.57 Å². The number of ether oxygens (including phenoxy) is 1. The SMILES string of the molecule is C/C=C(/CCC)c1cccc(OC)c1C.CCCCN1C2CC(CC(=O)c3ccc(F)c(Cl)c3)CC1C2.Cc1cccc(CNC=O)c1. The molecule has 1 saturated carbocycles. The van der Waals surface area contributed by atoms with Crippen LogP contribution >= 0.6 is 11.6 Å². The van der Waals surface area contributed by atoms with E-state index in [1.54, 1.807) is 13.2 Å². The Hall–Kier alpha value is -3.48. The summed E-state index contributed by atoms with van der Waals surface area (Å²) in [5, 5.41) is 2.64. The van der Waals surface area contributed by atoms with Crippen molar-refractivity contribution in [2.45, 2.75) is 105 Å². The van der Waals surface area contributed by atoms with E-state index in [4.69, 9.17) is 16.3 Å². The molecule has 0 spiro atoms. The number of hydrogen-bond acceptors (Lipinski definition) is 4. The summed E-state index contributed by atoms with van der Waals surface area (Å²) in [6.07, 6.45) is 11.8. The van der Waals surface area contributed by atoms with Crippen LogP contribution in [-0.4, -0.2) is 42.8 Å². The lowest BCUT2D eigenvalue weighted by molar-refractivity contribution is -0.109. The highest BCUT2D eigenvalue weighted by atomic mass is 35.5. The Morgan fingerprint density at radius 3 is 2.35 bits per heavy atom. The van der Waals surface area contributed by atoms with Crippen LogP contribution in [0.1, 0.15) is 105 Å². The van der Waals surface area contributed by atoms with Crippen LogP contribution in [0.3, 0.4) is 0 Å². The van der Waals surface area contributed by atoms with Gasteiger partial charge in [-0.05, 0) is 112 Å². The third-order valence-corrected chi connectivity index (χ3v) is 9.66. The molecule has 3 aromatic carbocycles. The number of nitrogens with one attached hydrogen (secondary N) is 1. The summed E-state index contributed by atoms with van der Waals surface area (Å²) in [5.41, 5.74) is 6.86. The summed E-state index contributed by atoms with van der Waals surface area (Å²) in [4.78, 5) is 24.9. The van der Waals surface area contributed by atoms with E-state index in [1.807, 2.05) is 31.2 Å². The molecule has 6 rings (SSSR count). The van der Waals surface area contributed by atoms with Crippen LogP contribution < -0.4 is 10.1 Å². The lowest BCUT2D eigenvalue weighted by atomic mass is 9.71. The molecule has 48 heavy (non-hydrogen) atoms. The maximum Gasteiger partial charge on any atom is 0.207 e. The molecule has 3 fully saturated rings. The Balaban J connectivity index is 0.000000209. The smallest absolute Gasteiger partial charge is 0.207 e. The number of methoxy groups -OCH3 is 1. The van der Waals surface area contributed by atoms with Crippen LogP contribution in [0.5, 0.6) is 5.75 Å². The number of carbonyl (C=O) groups is 2. The van der Waals surface area contributed by atoms with Crippen LogP contribution in [0.4, 0.5) is 4.39 Å². The number of amides is 1. The topological polar surface area (TPSA) is 58.6 Å². The van der Waals surface area contributed by atoms with E-state index in [1.165, 1.54) is 66.6 Å². The summed E-state index contributed by atoms with van der Waals surface area (Å²) < 4.78 is 18.5. The number of hydrogen-bond donors (Lipinski definition) is 1. The largest absolute Gasteiger partial charge is 0.496 e. The average molecular weight is 677 g/mol. The highest BCUT2D eigenvalue weighted by Crippen LogP contribution is 2.43. The fourth-order valence-corrected chi connectivity index (χ4v) is 7.05. The number of fused-ring (bicyclic) bond motifs is 2. The number of allylic oxidation sites excluding steroid dienone is 2. The summed E-state index contributed by atoms with van der Waals surface area (Å²) in [6.45, 7) is 12.5. The third-order valence-electron chi connectivity index (χ3n) is 9.37. The normalized spacial score (nSPS) is 18.3. The quantitative estimate of drug-likeness (QED) is 0.145. The van der Waals surface area contributed by atoms with E-state index in [-0.39, 0.29) is 10.8 Å². The molecule has 0 aromatic heterocycles. The minimum absolute atomic E-state index is 0.0306. The second kappa shape index (κ2) is 20.1. The van der Waals surface area contributed by atoms with Gasteiger partial charge in [-0.25, -0.2) is 4.39 Å². The van der Waals surface area contributed by atoms with Crippen LogP contribution in [0, 0.1) is 25.6 Å². The van der Waals surface area contributed by atoms with Crippen molar-refractivity contribution < 1.29 is 18.7 Å². The maximum atomic E-state index is 13.2. The van der Waals surface area contributed by atoms with Gasteiger partial charge >= 0.3 is 0 Å². The number of rotatable bonds is 13. The third kappa shape index (κ3) is 11.3. The van der Waals surface area contributed by atoms with E-state index in [0.717, 1.165) is 30.6 Å². The van der Waals surface area contributed by atoms with Crippen molar-refractivity contribution in [2.24, 2.45) is 5.92 Å². The van der Waals surface area contributed by atoms with Crippen molar-refractivity contribution in [3.63, 3.8) is 0 Å². The highest BCUT2D eigenvalue weighted by Gasteiger charge is 2.44. The predicted molar refractivity (Wildman–Crippen MR) is 197 cm³/mol. The number of benzene rings is 3. The van der Waals surface area contributed by atoms with Crippen LogP contribution in [-0.2, 0) is 11.3 Å². The lowest BCUT2D eigenvalue weighted by Crippen LogP contribution is -2.60. The van der Waals surface area contributed by atoms with E-state index in [9.17, 15) is 14.0 Å². The van der Waals surface area contributed by atoms with E-state index in [2.05, 4.69) is 62.2 Å². The molecule has 1 N–H and O–H groups in total. The number of halogens is 2. The molecule has 7 heteroatoms. The first kappa shape index (κ1) is 39.0. The molecular formula is C41H54ClFN2O3. The molecule has 2 bridgehead atoms. The van der Waals surface area contributed by atoms with Crippen molar-refractivity contribution in [1.82, 2.24) is 10.2 Å². The molecule has 2 atom stereocenters. The Kier molecular flexibility index (Phi) is 16.3. The highest BCUT2D eigenvalue weighted by molar-refractivity contribution is 6.31. The Labute approximate surface area is 292 Å². The predicted octanol–water partition coefficient (Wildman–Crippen LogP) is 10.2. The number of aryl methyl sites for hydroxylation is 1. The van der Waals surface area contributed by atoms with Gasteiger partial charge in [0, 0.05) is 30.6 Å². The average Bonchev–Trinajstić information content (AvgIpc) is 3.08. The second-order valence-corrected chi connectivity index (χ2v) is 13.3. The molecule has 260 valence electrons. The van der Waals surface area contributed by atoms with E-state index in [0.29, 0.717) is 42.9 Å². The molecule has 2 aliphatic heterocycles. The number of carbonyl (C=O) groups excluding carboxylic acids is 2. The minimum atomic E-state index is -0.469. The van der Waals surface area contributed by atoms with Gasteiger partial charge in [0.2, 0.25) is 6.41 Å². The molecule has 2 unspecified atom stereocenters. The zero-order valence-corrected chi connectivity index (χ0v) is 30.4. The first-order valence-corrected chi connectivity index (χ1v) is 17.8. The van der Waals surface area contributed by atoms with Crippen molar-refractivity contribution in [2.75, 3.05) is 13.7 Å². The fraction of sp³-hybridized carbons (Fsp3) is 0.463. The van der Waals surface area contributed by atoms with Gasteiger partial charge in [0.25, 0.3) is 0 Å². The molecule has 2 heterocycles. The summed E-state index contributed by atoms with van der Waals surface area (Å²) >= 11 is 5.76. The molecule has 1 aliphatic carbocycles. The van der Waals surface area contributed by atoms with Crippen molar-refractivity contribution in [1.29, 1.82) is 0 Å². The van der Waals surface area contributed by atoms with Gasteiger partial charge in [0.05, 0.1) is 12.1 Å². The first-order chi connectivity index (χ1) is 23.1. The maximum absolute atomic E-state index is 13.2. The summed E-state index contributed by atoms with van der Waals surface area (Å²) in [6, 6.07) is 19.9. The number of Topliss-reactive ketones (excluding diaryl/α,β-unsaturated/α-hetero) is 1. The monoisotopic (exact) mass is 676 g/mol. The Bertz CT molecular complexity index is 1490. The van der Waals surface area contributed by atoms with Crippen molar-refractivity contribution in [3.8, 4) is 5.75 Å². The zero-order valence-electron chi connectivity index (χ0n) is 29.7. The van der Waals surface area contributed by atoms with Gasteiger partial charge in [0.1, 0.15) is 11.6 Å². The van der Waals surface area contributed by atoms with Crippen LogP contribution in [0.2, 0.25) is 5.02 Å². The number of ketones is 1. The second-order valence-electron chi connectivity index (χ2n) is 12.9. The van der Waals surface area contributed by atoms with Gasteiger partial charge in [-0.1, -0.05) is 86.3 Å². The molecular weight excluding hydrogens is 623 g/mol. The molecule has 0 radical (unpaired) electrons. The fourth-order valence-electron chi connectivity index (χ4n) is 6.87. The number of nitrogens with zero attached hydrogens (tertiary/aromatic N) is 1. The van der Waals surface area contributed by atoms with E-state index >= 15 is 0 Å². The Morgan fingerprint density at radius 2 is 1.75 bits per heavy atom.